The molecule has 2 rings (SSSR count). The van der Waals surface area contributed by atoms with Crippen LogP contribution in [0, 0.1) is 5.92 Å². The molecule has 1 aliphatic heterocycles. The summed E-state index contributed by atoms with van der Waals surface area (Å²) in [5.74, 6) is 0.768. The van der Waals surface area contributed by atoms with Gasteiger partial charge in [0.2, 0.25) is 0 Å². The molecule has 15 heavy (non-hydrogen) atoms. The molecular formula is C11H16N2OS. The van der Waals surface area contributed by atoms with Crippen molar-refractivity contribution in [2.45, 2.75) is 26.2 Å². The van der Waals surface area contributed by atoms with Crippen molar-refractivity contribution in [2.24, 2.45) is 5.92 Å². The summed E-state index contributed by atoms with van der Waals surface area (Å²) in [6, 6.07) is 0. The molecule has 1 aromatic heterocycles. The molecule has 3 nitrogen and oxygen atoms in total. The second-order valence-corrected chi connectivity index (χ2v) is 5.04. The first-order chi connectivity index (χ1) is 7.25. The first-order valence-electron chi connectivity index (χ1n) is 5.42. The maximum atomic E-state index is 11.1. The predicted molar refractivity (Wildman–Crippen MR) is 61.4 cm³/mol. The van der Waals surface area contributed by atoms with Gasteiger partial charge in [-0.15, -0.1) is 11.3 Å². The third-order valence-corrected chi connectivity index (χ3v) is 3.65. The number of rotatable bonds is 3. The van der Waals surface area contributed by atoms with E-state index >= 15 is 0 Å². The van der Waals surface area contributed by atoms with Crippen molar-refractivity contribution >= 4 is 17.1 Å². The Labute approximate surface area is 93.9 Å². The Hall–Kier alpha value is -0.740. The minimum atomic E-state index is 0.0688. The van der Waals surface area contributed by atoms with Crippen molar-refractivity contribution in [1.29, 1.82) is 0 Å². The van der Waals surface area contributed by atoms with Gasteiger partial charge in [0.1, 0.15) is 5.69 Å². The summed E-state index contributed by atoms with van der Waals surface area (Å²) in [5.41, 5.74) is 0.624. The van der Waals surface area contributed by atoms with Gasteiger partial charge in [-0.3, -0.25) is 4.79 Å². The van der Waals surface area contributed by atoms with Gasteiger partial charge < -0.3 is 5.32 Å². The zero-order valence-electron chi connectivity index (χ0n) is 8.95. The molecule has 1 aliphatic rings. The molecule has 1 unspecified atom stereocenters. The van der Waals surface area contributed by atoms with Crippen molar-refractivity contribution in [3.05, 3.63) is 16.1 Å². The highest BCUT2D eigenvalue weighted by Gasteiger charge is 2.15. The van der Waals surface area contributed by atoms with Crippen molar-refractivity contribution in [3.63, 3.8) is 0 Å². The topological polar surface area (TPSA) is 42.0 Å². The Bertz CT molecular complexity index is 342. The largest absolute Gasteiger partial charge is 0.316 e. The molecule has 0 bridgehead atoms. The first-order valence-corrected chi connectivity index (χ1v) is 6.29. The summed E-state index contributed by atoms with van der Waals surface area (Å²) < 4.78 is 0. The van der Waals surface area contributed by atoms with Crippen molar-refractivity contribution in [2.75, 3.05) is 13.1 Å². The second-order valence-electron chi connectivity index (χ2n) is 4.10. The molecule has 82 valence electrons. The van der Waals surface area contributed by atoms with Crippen LogP contribution in [0.3, 0.4) is 0 Å². The Morgan fingerprint density at radius 3 is 3.20 bits per heavy atom. The monoisotopic (exact) mass is 224 g/mol. The molecular weight excluding hydrogens is 208 g/mol. The summed E-state index contributed by atoms with van der Waals surface area (Å²) in [6.45, 7) is 3.81. The molecule has 0 aromatic carbocycles. The van der Waals surface area contributed by atoms with E-state index in [1.807, 2.05) is 5.38 Å². The Morgan fingerprint density at radius 1 is 1.73 bits per heavy atom. The number of hydrogen-bond donors (Lipinski definition) is 1. The molecule has 1 atom stereocenters. The predicted octanol–water partition coefficient (Wildman–Crippen LogP) is 1.89. The third kappa shape index (κ3) is 2.86. The lowest BCUT2D eigenvalue weighted by atomic mass is 9.97. The van der Waals surface area contributed by atoms with E-state index in [2.05, 4.69) is 10.3 Å². The summed E-state index contributed by atoms with van der Waals surface area (Å²) in [6.07, 6.45) is 3.56. The van der Waals surface area contributed by atoms with Crippen molar-refractivity contribution < 1.29 is 4.79 Å². The van der Waals surface area contributed by atoms with E-state index in [0.717, 1.165) is 24.5 Å². The summed E-state index contributed by atoms with van der Waals surface area (Å²) in [7, 11) is 0. The lowest BCUT2D eigenvalue weighted by Crippen LogP contribution is -2.30. The van der Waals surface area contributed by atoms with Gasteiger partial charge in [0.25, 0.3) is 0 Å². The molecule has 0 saturated carbocycles. The van der Waals surface area contributed by atoms with E-state index in [1.165, 1.54) is 12.8 Å². The van der Waals surface area contributed by atoms with Crippen LogP contribution in [0.4, 0.5) is 0 Å². The number of carbonyl (C=O) groups excluding carboxylic acids is 1. The van der Waals surface area contributed by atoms with Gasteiger partial charge >= 0.3 is 0 Å². The van der Waals surface area contributed by atoms with Crippen LogP contribution >= 0.6 is 11.3 Å². The number of nitrogens with zero attached hydrogens (tertiary/aromatic N) is 1. The smallest absolute Gasteiger partial charge is 0.178 e. The minimum Gasteiger partial charge on any atom is -0.316 e. The third-order valence-electron chi connectivity index (χ3n) is 2.77. The van der Waals surface area contributed by atoms with E-state index in [0.29, 0.717) is 11.6 Å². The standard InChI is InChI=1S/C11H16N2OS/c1-8(14)10-7-15-11(13-10)5-9-3-2-4-12-6-9/h7,9,12H,2-6H2,1H3. The number of carbonyl (C=O) groups is 1. The van der Waals surface area contributed by atoms with Crippen LogP contribution in [0.1, 0.15) is 35.3 Å². The van der Waals surface area contributed by atoms with Gasteiger partial charge in [0.15, 0.2) is 5.78 Å². The molecule has 1 saturated heterocycles. The highest BCUT2D eigenvalue weighted by Crippen LogP contribution is 2.19. The quantitative estimate of drug-likeness (QED) is 0.797. The van der Waals surface area contributed by atoms with Crippen molar-refractivity contribution in [1.82, 2.24) is 10.3 Å². The number of Topliss-reactive ketones (excluding diaryl/α,β-unsaturated/α-hetero) is 1. The van der Waals surface area contributed by atoms with Gasteiger partial charge in [0.05, 0.1) is 5.01 Å². The van der Waals surface area contributed by atoms with Crippen LogP contribution < -0.4 is 5.32 Å². The van der Waals surface area contributed by atoms with Crippen LogP contribution in [0.15, 0.2) is 5.38 Å². The molecule has 4 heteroatoms. The average molecular weight is 224 g/mol. The Balaban J connectivity index is 1.94. The fourth-order valence-corrected chi connectivity index (χ4v) is 2.86. The lowest BCUT2D eigenvalue weighted by molar-refractivity contribution is 0.101. The van der Waals surface area contributed by atoms with E-state index in [-0.39, 0.29) is 5.78 Å². The normalized spacial score (nSPS) is 21.5. The minimum absolute atomic E-state index is 0.0688. The maximum Gasteiger partial charge on any atom is 0.178 e. The summed E-state index contributed by atoms with van der Waals surface area (Å²) in [4.78, 5) is 15.4. The van der Waals surface area contributed by atoms with Gasteiger partial charge in [-0.25, -0.2) is 4.98 Å². The Morgan fingerprint density at radius 2 is 2.60 bits per heavy atom. The number of nitrogens with one attached hydrogen (secondary N) is 1. The Kier molecular flexibility index (Phi) is 3.49. The second kappa shape index (κ2) is 4.86. The molecule has 1 fully saturated rings. The number of aromatic nitrogens is 1. The number of piperidine rings is 1. The summed E-state index contributed by atoms with van der Waals surface area (Å²) >= 11 is 1.61. The average Bonchev–Trinajstić information content (AvgIpc) is 2.68. The van der Waals surface area contributed by atoms with E-state index in [4.69, 9.17) is 0 Å². The SMILES string of the molecule is CC(=O)c1csc(CC2CCCNC2)n1. The molecule has 0 aliphatic carbocycles. The molecule has 0 amide bonds. The van der Waals surface area contributed by atoms with Gasteiger partial charge in [-0.2, -0.15) is 0 Å². The molecule has 0 spiro atoms. The van der Waals surface area contributed by atoms with E-state index in [1.54, 1.807) is 18.3 Å². The number of hydrogen-bond acceptors (Lipinski definition) is 4. The molecule has 0 radical (unpaired) electrons. The first kappa shape index (κ1) is 10.8. The lowest BCUT2D eigenvalue weighted by Gasteiger charge is -2.21. The van der Waals surface area contributed by atoms with E-state index in [9.17, 15) is 4.79 Å². The van der Waals surface area contributed by atoms with Crippen LogP contribution in [-0.4, -0.2) is 23.9 Å². The zero-order chi connectivity index (χ0) is 10.7. The zero-order valence-corrected chi connectivity index (χ0v) is 9.77. The maximum absolute atomic E-state index is 11.1. The highest BCUT2D eigenvalue weighted by molar-refractivity contribution is 7.09. The molecule has 1 aromatic rings. The fourth-order valence-electron chi connectivity index (χ4n) is 1.91. The number of ketones is 1. The summed E-state index contributed by atoms with van der Waals surface area (Å²) in [5, 5.41) is 6.37. The number of thiazole rings is 1. The van der Waals surface area contributed by atoms with Crippen LogP contribution in [0.2, 0.25) is 0 Å². The fraction of sp³-hybridized carbons (Fsp3) is 0.636. The highest BCUT2D eigenvalue weighted by atomic mass is 32.1. The molecule has 1 N–H and O–H groups in total. The van der Waals surface area contributed by atoms with Crippen molar-refractivity contribution in [3.8, 4) is 0 Å². The van der Waals surface area contributed by atoms with Gasteiger partial charge in [0, 0.05) is 18.7 Å². The van der Waals surface area contributed by atoms with Crippen LogP contribution in [0.25, 0.3) is 0 Å². The van der Waals surface area contributed by atoms with E-state index < -0.39 is 0 Å². The van der Waals surface area contributed by atoms with Gasteiger partial charge in [-0.05, 0) is 31.8 Å². The van der Waals surface area contributed by atoms with Crippen LogP contribution in [0.5, 0.6) is 0 Å². The van der Waals surface area contributed by atoms with Crippen LogP contribution in [-0.2, 0) is 6.42 Å². The van der Waals surface area contributed by atoms with Gasteiger partial charge in [-0.1, -0.05) is 0 Å². The molecule has 2 heterocycles.